The predicted molar refractivity (Wildman–Crippen MR) is 92.9 cm³/mol. The van der Waals surface area contributed by atoms with Crippen molar-refractivity contribution in [3.8, 4) is 11.3 Å². The Morgan fingerprint density at radius 3 is 2.61 bits per heavy atom. The van der Waals surface area contributed by atoms with Crippen LogP contribution < -0.4 is 0 Å². The minimum absolute atomic E-state index is 0.349. The number of carbonyl (C=O) groups excluding carboxylic acids is 1. The number of esters is 1. The van der Waals surface area contributed by atoms with Crippen LogP contribution in [0.5, 0.6) is 0 Å². The maximum atomic E-state index is 12.1. The SMILES string of the molecule is CCOC(=O)c1nn(CCCCCCl)c(-c2ccccc2)c1C. The van der Waals surface area contributed by atoms with Crippen molar-refractivity contribution in [2.45, 2.75) is 39.7 Å². The van der Waals surface area contributed by atoms with Crippen LogP contribution in [0.4, 0.5) is 0 Å². The Kier molecular flexibility index (Phi) is 6.66. The molecule has 0 aliphatic rings. The summed E-state index contributed by atoms with van der Waals surface area (Å²) >= 11 is 5.73. The molecule has 0 aliphatic carbocycles. The summed E-state index contributed by atoms with van der Waals surface area (Å²) in [5.74, 6) is 0.319. The number of rotatable bonds is 8. The zero-order valence-corrected chi connectivity index (χ0v) is 14.5. The van der Waals surface area contributed by atoms with E-state index in [4.69, 9.17) is 16.3 Å². The van der Waals surface area contributed by atoms with Gasteiger partial charge in [0.15, 0.2) is 5.69 Å². The van der Waals surface area contributed by atoms with Gasteiger partial charge in [0, 0.05) is 23.6 Å². The summed E-state index contributed by atoms with van der Waals surface area (Å²) in [5, 5.41) is 4.51. The highest BCUT2D eigenvalue weighted by molar-refractivity contribution is 6.17. The molecule has 1 heterocycles. The molecule has 0 saturated heterocycles. The molecule has 0 atom stereocenters. The first-order valence-corrected chi connectivity index (χ1v) is 8.58. The van der Waals surface area contributed by atoms with E-state index in [1.807, 2.05) is 41.9 Å². The van der Waals surface area contributed by atoms with E-state index < -0.39 is 0 Å². The van der Waals surface area contributed by atoms with Crippen molar-refractivity contribution in [1.29, 1.82) is 0 Å². The molecule has 5 heteroatoms. The molecule has 23 heavy (non-hydrogen) atoms. The molecule has 2 rings (SSSR count). The van der Waals surface area contributed by atoms with Crippen LogP contribution >= 0.6 is 11.6 Å². The molecule has 0 amide bonds. The van der Waals surface area contributed by atoms with Gasteiger partial charge in [0.2, 0.25) is 0 Å². The number of aromatic nitrogens is 2. The predicted octanol–water partition coefficient (Wildman–Crippen LogP) is 4.44. The first-order valence-electron chi connectivity index (χ1n) is 8.05. The van der Waals surface area contributed by atoms with Gasteiger partial charge in [-0.3, -0.25) is 4.68 Å². The van der Waals surface area contributed by atoms with Gasteiger partial charge >= 0.3 is 5.97 Å². The van der Waals surface area contributed by atoms with Crippen molar-refractivity contribution >= 4 is 17.6 Å². The number of hydrogen-bond donors (Lipinski definition) is 0. The van der Waals surface area contributed by atoms with Crippen molar-refractivity contribution in [3.63, 3.8) is 0 Å². The van der Waals surface area contributed by atoms with E-state index in [1.165, 1.54) is 0 Å². The van der Waals surface area contributed by atoms with E-state index >= 15 is 0 Å². The van der Waals surface area contributed by atoms with Gasteiger partial charge in [-0.05, 0) is 26.7 Å². The molecule has 0 spiro atoms. The first kappa shape index (κ1) is 17.5. The molecule has 0 radical (unpaired) electrons. The Labute approximate surface area is 142 Å². The number of carbonyl (C=O) groups is 1. The summed E-state index contributed by atoms with van der Waals surface area (Å²) in [6.07, 6.45) is 3.02. The summed E-state index contributed by atoms with van der Waals surface area (Å²) in [6, 6.07) is 10.0. The summed E-state index contributed by atoms with van der Waals surface area (Å²) in [4.78, 5) is 12.1. The van der Waals surface area contributed by atoms with E-state index in [0.717, 1.165) is 42.6 Å². The molecule has 0 aliphatic heterocycles. The van der Waals surface area contributed by atoms with Crippen LogP contribution in [0.2, 0.25) is 0 Å². The molecule has 4 nitrogen and oxygen atoms in total. The van der Waals surface area contributed by atoms with E-state index in [1.54, 1.807) is 6.92 Å². The standard InChI is InChI=1S/C18H23ClN2O2/c1-3-23-18(22)16-14(2)17(15-10-6-4-7-11-15)21(20-16)13-9-5-8-12-19/h4,6-7,10-11H,3,5,8-9,12-13H2,1-2H3. The van der Waals surface area contributed by atoms with Gasteiger partial charge < -0.3 is 4.74 Å². The summed E-state index contributed by atoms with van der Waals surface area (Å²) < 4.78 is 7.05. The van der Waals surface area contributed by atoms with Crippen LogP contribution in [-0.2, 0) is 11.3 Å². The largest absolute Gasteiger partial charge is 0.461 e. The number of nitrogens with zero attached hydrogens (tertiary/aromatic N) is 2. The quantitative estimate of drug-likeness (QED) is 0.407. The van der Waals surface area contributed by atoms with Crippen LogP contribution in [-0.4, -0.2) is 28.2 Å². The van der Waals surface area contributed by atoms with E-state index in [9.17, 15) is 4.79 Å². The number of aryl methyl sites for hydroxylation is 1. The molecule has 1 aromatic carbocycles. The zero-order chi connectivity index (χ0) is 16.7. The highest BCUT2D eigenvalue weighted by atomic mass is 35.5. The number of alkyl halides is 1. The molecule has 1 aromatic heterocycles. The van der Waals surface area contributed by atoms with Gasteiger partial charge in [-0.15, -0.1) is 11.6 Å². The lowest BCUT2D eigenvalue weighted by Gasteiger charge is -2.08. The van der Waals surface area contributed by atoms with E-state index in [-0.39, 0.29) is 5.97 Å². The lowest BCUT2D eigenvalue weighted by atomic mass is 10.1. The van der Waals surface area contributed by atoms with Crippen LogP contribution in [0.25, 0.3) is 11.3 Å². The third kappa shape index (κ3) is 4.35. The minimum Gasteiger partial charge on any atom is -0.461 e. The molecule has 0 bridgehead atoms. The lowest BCUT2D eigenvalue weighted by Crippen LogP contribution is -2.08. The van der Waals surface area contributed by atoms with Gasteiger partial charge in [-0.25, -0.2) is 4.79 Å². The zero-order valence-electron chi connectivity index (χ0n) is 13.7. The number of unbranched alkanes of at least 4 members (excludes halogenated alkanes) is 2. The number of halogens is 1. The van der Waals surface area contributed by atoms with Crippen molar-refractivity contribution in [1.82, 2.24) is 9.78 Å². The third-order valence-electron chi connectivity index (χ3n) is 3.71. The van der Waals surface area contributed by atoms with Gasteiger partial charge in [-0.2, -0.15) is 5.10 Å². The average Bonchev–Trinajstić information content (AvgIpc) is 2.89. The Balaban J connectivity index is 2.34. The van der Waals surface area contributed by atoms with Crippen LogP contribution in [0.1, 0.15) is 42.2 Å². The van der Waals surface area contributed by atoms with Crippen molar-refractivity contribution in [2.75, 3.05) is 12.5 Å². The second-order valence-electron chi connectivity index (χ2n) is 5.38. The lowest BCUT2D eigenvalue weighted by molar-refractivity contribution is 0.0517. The summed E-state index contributed by atoms with van der Waals surface area (Å²) in [7, 11) is 0. The maximum absolute atomic E-state index is 12.1. The molecular weight excluding hydrogens is 312 g/mol. The molecule has 0 N–H and O–H groups in total. The summed E-state index contributed by atoms with van der Waals surface area (Å²) in [5.41, 5.74) is 3.32. The number of benzene rings is 1. The van der Waals surface area contributed by atoms with Gasteiger partial charge in [0.25, 0.3) is 0 Å². The van der Waals surface area contributed by atoms with Gasteiger partial charge in [0.1, 0.15) is 0 Å². The normalized spacial score (nSPS) is 10.7. The van der Waals surface area contributed by atoms with E-state index in [2.05, 4.69) is 5.10 Å². The van der Waals surface area contributed by atoms with Gasteiger partial charge in [0.05, 0.1) is 12.3 Å². The average molecular weight is 335 g/mol. The van der Waals surface area contributed by atoms with Crippen molar-refractivity contribution in [3.05, 3.63) is 41.6 Å². The van der Waals surface area contributed by atoms with E-state index in [0.29, 0.717) is 18.2 Å². The molecule has 0 fully saturated rings. The minimum atomic E-state index is -0.360. The topological polar surface area (TPSA) is 44.1 Å². The van der Waals surface area contributed by atoms with Crippen LogP contribution in [0.15, 0.2) is 30.3 Å². The molecule has 2 aromatic rings. The maximum Gasteiger partial charge on any atom is 0.359 e. The van der Waals surface area contributed by atoms with Crippen LogP contribution in [0.3, 0.4) is 0 Å². The Morgan fingerprint density at radius 1 is 1.22 bits per heavy atom. The fourth-order valence-electron chi connectivity index (χ4n) is 2.60. The molecule has 0 saturated carbocycles. The fourth-order valence-corrected chi connectivity index (χ4v) is 2.79. The first-order chi connectivity index (χ1) is 11.2. The fraction of sp³-hybridized carbons (Fsp3) is 0.444. The smallest absolute Gasteiger partial charge is 0.359 e. The Hall–Kier alpha value is -1.81. The number of hydrogen-bond acceptors (Lipinski definition) is 3. The van der Waals surface area contributed by atoms with Crippen molar-refractivity contribution in [2.24, 2.45) is 0 Å². The molecule has 0 unspecified atom stereocenters. The Bertz CT molecular complexity index is 638. The van der Waals surface area contributed by atoms with Gasteiger partial charge in [-0.1, -0.05) is 36.8 Å². The monoisotopic (exact) mass is 334 g/mol. The number of ether oxygens (including phenoxy) is 1. The third-order valence-corrected chi connectivity index (χ3v) is 3.98. The second-order valence-corrected chi connectivity index (χ2v) is 5.76. The molecule has 124 valence electrons. The Morgan fingerprint density at radius 2 is 1.96 bits per heavy atom. The highest BCUT2D eigenvalue weighted by Crippen LogP contribution is 2.26. The van der Waals surface area contributed by atoms with Crippen LogP contribution in [0, 0.1) is 6.92 Å². The second kappa shape index (κ2) is 8.73. The van der Waals surface area contributed by atoms with Crippen molar-refractivity contribution < 1.29 is 9.53 Å². The molecular formula is C18H23ClN2O2. The highest BCUT2D eigenvalue weighted by Gasteiger charge is 2.21. The summed E-state index contributed by atoms with van der Waals surface area (Å²) in [6.45, 7) is 4.84.